The van der Waals surface area contributed by atoms with Crippen LogP contribution in [-0.2, 0) is 16.4 Å². The van der Waals surface area contributed by atoms with Crippen LogP contribution in [0.2, 0.25) is 0 Å². The summed E-state index contributed by atoms with van der Waals surface area (Å²) < 4.78 is 52.4. The van der Waals surface area contributed by atoms with Crippen molar-refractivity contribution in [3.63, 3.8) is 0 Å². The normalized spacial score (nSPS) is 13.6. The Labute approximate surface area is 125 Å². The van der Waals surface area contributed by atoms with Gasteiger partial charge in [0.05, 0.1) is 5.25 Å². The van der Waals surface area contributed by atoms with Gasteiger partial charge in [0.2, 0.25) is 10.0 Å². The summed E-state index contributed by atoms with van der Waals surface area (Å²) in [5, 5.41) is 2.48. The van der Waals surface area contributed by atoms with E-state index in [0.29, 0.717) is 12.1 Å². The van der Waals surface area contributed by atoms with Gasteiger partial charge >= 0.3 is 0 Å². The molecule has 0 aliphatic carbocycles. The van der Waals surface area contributed by atoms with Crippen molar-refractivity contribution in [2.24, 2.45) is 0 Å². The molecular weight excluding hydrogens is 298 g/mol. The van der Waals surface area contributed by atoms with Crippen LogP contribution in [0.1, 0.15) is 26.3 Å². The van der Waals surface area contributed by atoms with E-state index in [4.69, 9.17) is 0 Å². The molecule has 120 valence electrons. The Morgan fingerprint density at radius 3 is 2.19 bits per heavy atom. The molecule has 0 aliphatic heterocycles. The zero-order valence-electron chi connectivity index (χ0n) is 12.5. The lowest BCUT2D eigenvalue weighted by Gasteiger charge is -2.16. The topological polar surface area (TPSA) is 58.2 Å². The molecule has 0 aliphatic rings. The molecule has 1 aromatic rings. The van der Waals surface area contributed by atoms with E-state index in [1.807, 2.05) is 13.8 Å². The fourth-order valence-electron chi connectivity index (χ4n) is 1.75. The van der Waals surface area contributed by atoms with Gasteiger partial charge in [-0.2, -0.15) is 0 Å². The fourth-order valence-corrected chi connectivity index (χ4v) is 2.73. The Balaban J connectivity index is 2.49. The number of sulfonamides is 1. The second-order valence-electron chi connectivity index (χ2n) is 5.34. The van der Waals surface area contributed by atoms with Crippen molar-refractivity contribution >= 4 is 10.0 Å². The molecule has 1 atom stereocenters. The van der Waals surface area contributed by atoms with Gasteiger partial charge in [0.15, 0.2) is 0 Å². The third kappa shape index (κ3) is 6.50. The van der Waals surface area contributed by atoms with Crippen LogP contribution in [0, 0.1) is 11.6 Å². The summed E-state index contributed by atoms with van der Waals surface area (Å²) in [6, 6.07) is 3.38. The molecular formula is C14H22F2N2O2S. The first-order valence-corrected chi connectivity index (χ1v) is 8.42. The highest BCUT2D eigenvalue weighted by Gasteiger charge is 2.19. The van der Waals surface area contributed by atoms with Gasteiger partial charge in [-0.3, -0.25) is 0 Å². The monoisotopic (exact) mass is 320 g/mol. The van der Waals surface area contributed by atoms with Gasteiger partial charge in [-0.15, -0.1) is 0 Å². The second kappa shape index (κ2) is 7.82. The Morgan fingerprint density at radius 2 is 1.67 bits per heavy atom. The summed E-state index contributed by atoms with van der Waals surface area (Å²) in [5.74, 6) is -1.33. The first kappa shape index (κ1) is 18.0. The molecule has 0 bridgehead atoms. The fraction of sp³-hybridized carbons (Fsp3) is 0.571. The predicted molar refractivity (Wildman–Crippen MR) is 79.6 cm³/mol. The second-order valence-corrected chi connectivity index (χ2v) is 7.52. The molecule has 4 nitrogen and oxygen atoms in total. The smallest absolute Gasteiger partial charge is 0.215 e. The first-order chi connectivity index (χ1) is 9.70. The Kier molecular flexibility index (Phi) is 6.70. The zero-order chi connectivity index (χ0) is 16.0. The lowest BCUT2D eigenvalue weighted by atomic mass is 10.1. The summed E-state index contributed by atoms with van der Waals surface area (Å²) >= 11 is 0. The van der Waals surface area contributed by atoms with E-state index < -0.39 is 26.9 Å². The molecule has 2 N–H and O–H groups in total. The van der Waals surface area contributed by atoms with Crippen molar-refractivity contribution in [2.75, 3.05) is 13.1 Å². The molecule has 1 aromatic carbocycles. The van der Waals surface area contributed by atoms with Gasteiger partial charge in [-0.25, -0.2) is 21.9 Å². The van der Waals surface area contributed by atoms with Crippen LogP contribution in [0.3, 0.4) is 0 Å². The molecule has 21 heavy (non-hydrogen) atoms. The van der Waals surface area contributed by atoms with E-state index >= 15 is 0 Å². The minimum atomic E-state index is -3.45. The highest BCUT2D eigenvalue weighted by molar-refractivity contribution is 7.90. The summed E-state index contributed by atoms with van der Waals surface area (Å²) in [7, 11) is -3.45. The lowest BCUT2D eigenvalue weighted by molar-refractivity contribution is 0.540. The summed E-state index contributed by atoms with van der Waals surface area (Å²) in [4.78, 5) is 0. The quantitative estimate of drug-likeness (QED) is 0.768. The van der Waals surface area contributed by atoms with Crippen molar-refractivity contribution in [1.82, 2.24) is 10.0 Å². The van der Waals surface area contributed by atoms with Crippen LogP contribution in [0.25, 0.3) is 0 Å². The van der Waals surface area contributed by atoms with Gasteiger partial charge < -0.3 is 5.32 Å². The molecule has 1 rings (SSSR count). The molecule has 7 heteroatoms. The molecule has 0 heterocycles. The largest absolute Gasteiger partial charge is 0.313 e. The van der Waals surface area contributed by atoms with E-state index in [9.17, 15) is 17.2 Å². The molecule has 0 saturated heterocycles. The standard InChI is InChI=1S/C14H22F2N2O2S/c1-10(2)17-9-11(3)21(19,20)18-5-4-12-6-13(15)8-14(16)7-12/h6-8,10-11,17-18H,4-5,9H2,1-3H3. The van der Waals surface area contributed by atoms with Crippen LogP contribution in [0.4, 0.5) is 8.78 Å². The Morgan fingerprint density at radius 1 is 1.10 bits per heavy atom. The number of hydrogen-bond donors (Lipinski definition) is 2. The SMILES string of the molecule is CC(C)NCC(C)S(=O)(=O)NCCc1cc(F)cc(F)c1. The summed E-state index contributed by atoms with van der Waals surface area (Å²) in [6.07, 6.45) is 0.234. The van der Waals surface area contributed by atoms with Gasteiger partial charge in [0, 0.05) is 25.2 Å². The van der Waals surface area contributed by atoms with Gasteiger partial charge in [0.1, 0.15) is 11.6 Å². The van der Waals surface area contributed by atoms with Crippen molar-refractivity contribution in [3.05, 3.63) is 35.4 Å². The first-order valence-electron chi connectivity index (χ1n) is 6.87. The molecule has 0 amide bonds. The minimum Gasteiger partial charge on any atom is -0.313 e. The number of hydrogen-bond acceptors (Lipinski definition) is 3. The van der Waals surface area contributed by atoms with Crippen molar-refractivity contribution in [1.29, 1.82) is 0 Å². The summed E-state index contributed by atoms with van der Waals surface area (Å²) in [5.41, 5.74) is 0.420. The van der Waals surface area contributed by atoms with E-state index in [1.54, 1.807) is 6.92 Å². The molecule has 0 saturated carbocycles. The van der Waals surface area contributed by atoms with Crippen LogP contribution in [0.15, 0.2) is 18.2 Å². The predicted octanol–water partition coefficient (Wildman–Crippen LogP) is 1.81. The molecule has 0 fully saturated rings. The molecule has 1 unspecified atom stereocenters. The number of halogens is 2. The zero-order valence-corrected chi connectivity index (χ0v) is 13.3. The van der Waals surface area contributed by atoms with Crippen LogP contribution >= 0.6 is 0 Å². The third-order valence-electron chi connectivity index (χ3n) is 2.98. The number of rotatable bonds is 8. The average Bonchev–Trinajstić information content (AvgIpc) is 2.34. The summed E-state index contributed by atoms with van der Waals surface area (Å²) in [6.45, 7) is 5.94. The van der Waals surface area contributed by atoms with E-state index in [2.05, 4.69) is 10.0 Å². The van der Waals surface area contributed by atoms with E-state index in [0.717, 1.165) is 6.07 Å². The van der Waals surface area contributed by atoms with Crippen LogP contribution < -0.4 is 10.0 Å². The van der Waals surface area contributed by atoms with Crippen LogP contribution in [0.5, 0.6) is 0 Å². The molecule has 0 spiro atoms. The maximum atomic E-state index is 13.0. The third-order valence-corrected chi connectivity index (χ3v) is 4.82. The number of nitrogens with one attached hydrogen (secondary N) is 2. The van der Waals surface area contributed by atoms with Crippen molar-refractivity contribution in [3.8, 4) is 0 Å². The van der Waals surface area contributed by atoms with Crippen molar-refractivity contribution in [2.45, 2.75) is 38.5 Å². The molecule has 0 radical (unpaired) electrons. The lowest BCUT2D eigenvalue weighted by Crippen LogP contribution is -2.41. The molecule has 0 aromatic heterocycles. The van der Waals surface area contributed by atoms with Gasteiger partial charge in [-0.1, -0.05) is 13.8 Å². The maximum absolute atomic E-state index is 13.0. The van der Waals surface area contributed by atoms with E-state index in [-0.39, 0.29) is 19.0 Å². The van der Waals surface area contributed by atoms with Crippen LogP contribution in [-0.4, -0.2) is 32.8 Å². The average molecular weight is 320 g/mol. The minimum absolute atomic E-state index is 0.108. The van der Waals surface area contributed by atoms with Gasteiger partial charge in [0.25, 0.3) is 0 Å². The number of benzene rings is 1. The highest BCUT2D eigenvalue weighted by Crippen LogP contribution is 2.08. The van der Waals surface area contributed by atoms with Gasteiger partial charge in [-0.05, 0) is 31.0 Å². The van der Waals surface area contributed by atoms with E-state index in [1.165, 1.54) is 12.1 Å². The Hall–Kier alpha value is -1.05. The Bertz CT molecular complexity index is 542. The maximum Gasteiger partial charge on any atom is 0.215 e. The highest BCUT2D eigenvalue weighted by atomic mass is 32.2. The van der Waals surface area contributed by atoms with Crippen molar-refractivity contribution < 1.29 is 17.2 Å².